The first-order valence-electron chi connectivity index (χ1n) is 8.34. The van der Waals surface area contributed by atoms with Crippen LogP contribution >= 0.6 is 11.6 Å². The van der Waals surface area contributed by atoms with Crippen molar-refractivity contribution in [2.24, 2.45) is 5.92 Å². The molecule has 4 rings (SSSR count). The summed E-state index contributed by atoms with van der Waals surface area (Å²) in [5.41, 5.74) is 2.83. The van der Waals surface area contributed by atoms with E-state index in [1.54, 1.807) is 16.9 Å². The highest BCUT2D eigenvalue weighted by molar-refractivity contribution is 6.34. The number of nitrogens with zero attached hydrogens (tertiary/aromatic N) is 3. The van der Waals surface area contributed by atoms with E-state index in [4.69, 9.17) is 11.6 Å². The summed E-state index contributed by atoms with van der Waals surface area (Å²) < 4.78 is 0. The maximum Gasteiger partial charge on any atom is 0.227 e. The Labute approximate surface area is 150 Å². The highest BCUT2D eigenvalue weighted by Gasteiger charge is 2.22. The summed E-state index contributed by atoms with van der Waals surface area (Å²) >= 11 is 6.34. The van der Waals surface area contributed by atoms with E-state index >= 15 is 0 Å². The van der Waals surface area contributed by atoms with Gasteiger partial charge in [-0.1, -0.05) is 29.8 Å². The van der Waals surface area contributed by atoms with Crippen LogP contribution in [0.25, 0.3) is 16.7 Å². The van der Waals surface area contributed by atoms with Gasteiger partial charge >= 0.3 is 0 Å². The first kappa shape index (κ1) is 16.1. The largest absolute Gasteiger partial charge is 0.324 e. The molecule has 0 aliphatic carbocycles. The van der Waals surface area contributed by atoms with Crippen molar-refractivity contribution >= 4 is 34.2 Å². The number of aromatic nitrogens is 3. The van der Waals surface area contributed by atoms with E-state index in [2.05, 4.69) is 20.8 Å². The van der Waals surface area contributed by atoms with Crippen LogP contribution in [0.15, 0.2) is 42.5 Å². The number of carbonyl (C=O) groups is 1. The van der Waals surface area contributed by atoms with E-state index in [9.17, 15) is 4.79 Å². The van der Waals surface area contributed by atoms with Crippen molar-refractivity contribution in [1.82, 2.24) is 20.3 Å². The summed E-state index contributed by atoms with van der Waals surface area (Å²) in [6, 6.07) is 13.2. The van der Waals surface area contributed by atoms with Crippen LogP contribution in [0.2, 0.25) is 5.02 Å². The molecule has 0 atom stereocenters. The number of piperidine rings is 1. The second-order valence-corrected chi connectivity index (χ2v) is 6.57. The number of fused-ring (bicyclic) bond motifs is 1. The van der Waals surface area contributed by atoms with Crippen LogP contribution in [0, 0.1) is 5.92 Å². The third-order valence-electron chi connectivity index (χ3n) is 4.42. The molecule has 2 aromatic carbocycles. The number of rotatable bonds is 3. The lowest BCUT2D eigenvalue weighted by Crippen LogP contribution is -2.34. The number of anilines is 1. The molecule has 3 aromatic rings. The van der Waals surface area contributed by atoms with Gasteiger partial charge in [-0.3, -0.25) is 4.79 Å². The highest BCUT2D eigenvalue weighted by Crippen LogP contribution is 2.28. The van der Waals surface area contributed by atoms with Crippen molar-refractivity contribution < 1.29 is 4.79 Å². The summed E-state index contributed by atoms with van der Waals surface area (Å²) in [5.74, 6) is 0.0335. The Bertz CT molecular complexity index is 902. The third-order valence-corrected chi connectivity index (χ3v) is 4.74. The van der Waals surface area contributed by atoms with Crippen LogP contribution in [0.4, 0.5) is 5.69 Å². The van der Waals surface area contributed by atoms with Crippen LogP contribution < -0.4 is 10.6 Å². The van der Waals surface area contributed by atoms with Gasteiger partial charge in [-0.2, -0.15) is 4.80 Å². The second-order valence-electron chi connectivity index (χ2n) is 6.16. The normalized spacial score (nSPS) is 15.4. The molecule has 1 saturated heterocycles. The van der Waals surface area contributed by atoms with E-state index in [1.807, 2.05) is 30.3 Å². The lowest BCUT2D eigenvalue weighted by Gasteiger charge is -2.21. The number of halogens is 1. The molecule has 1 aliphatic heterocycles. The fourth-order valence-corrected chi connectivity index (χ4v) is 3.23. The smallest absolute Gasteiger partial charge is 0.227 e. The molecule has 128 valence electrons. The molecule has 0 saturated carbocycles. The predicted octanol–water partition coefficient (Wildman–Crippen LogP) is 3.01. The first-order chi connectivity index (χ1) is 12.2. The third kappa shape index (κ3) is 3.36. The SMILES string of the molecule is O=C(Nc1cc2nn(-c3ccccc3)nc2cc1Cl)C1CCNCC1. The summed E-state index contributed by atoms with van der Waals surface area (Å²) in [4.78, 5) is 14.0. The monoisotopic (exact) mass is 355 g/mol. The molecule has 1 amide bonds. The number of hydrogen-bond acceptors (Lipinski definition) is 4. The Hall–Kier alpha value is -2.44. The molecule has 0 radical (unpaired) electrons. The summed E-state index contributed by atoms with van der Waals surface area (Å²) in [5, 5.41) is 15.6. The van der Waals surface area contributed by atoms with Crippen molar-refractivity contribution in [1.29, 1.82) is 0 Å². The van der Waals surface area contributed by atoms with Crippen LogP contribution in [-0.2, 0) is 4.79 Å². The fraction of sp³-hybridized carbons (Fsp3) is 0.278. The van der Waals surface area contributed by atoms with Crippen molar-refractivity contribution in [2.75, 3.05) is 18.4 Å². The van der Waals surface area contributed by atoms with Crippen molar-refractivity contribution in [2.45, 2.75) is 12.8 Å². The molecule has 1 fully saturated rings. The standard InChI is InChI=1S/C18H18ClN5O/c19-14-10-16-17(23-24(22-16)13-4-2-1-3-5-13)11-15(14)21-18(25)12-6-8-20-9-7-12/h1-5,10-12,20H,6-9H2,(H,21,25). The Morgan fingerprint density at radius 3 is 2.52 bits per heavy atom. The average Bonchev–Trinajstić information content (AvgIpc) is 3.06. The molecule has 25 heavy (non-hydrogen) atoms. The molecule has 2 heterocycles. The van der Waals surface area contributed by atoms with E-state index in [-0.39, 0.29) is 11.8 Å². The minimum Gasteiger partial charge on any atom is -0.324 e. The van der Waals surface area contributed by atoms with Gasteiger partial charge in [0.1, 0.15) is 11.0 Å². The maximum atomic E-state index is 12.4. The molecular weight excluding hydrogens is 338 g/mol. The van der Waals surface area contributed by atoms with Gasteiger partial charge < -0.3 is 10.6 Å². The van der Waals surface area contributed by atoms with Gasteiger partial charge in [-0.15, -0.1) is 10.2 Å². The molecule has 0 bridgehead atoms. The topological polar surface area (TPSA) is 71.8 Å². The van der Waals surface area contributed by atoms with E-state index in [1.165, 1.54) is 0 Å². The zero-order valence-corrected chi connectivity index (χ0v) is 14.3. The van der Waals surface area contributed by atoms with Crippen LogP contribution in [-0.4, -0.2) is 34.0 Å². The van der Waals surface area contributed by atoms with Gasteiger partial charge in [-0.25, -0.2) is 0 Å². The van der Waals surface area contributed by atoms with Gasteiger partial charge in [0, 0.05) is 5.92 Å². The number of amides is 1. The van der Waals surface area contributed by atoms with E-state index < -0.39 is 0 Å². The minimum absolute atomic E-state index is 0.0122. The number of hydrogen-bond donors (Lipinski definition) is 2. The van der Waals surface area contributed by atoms with E-state index in [0.29, 0.717) is 21.7 Å². The molecular formula is C18H18ClN5O. The summed E-state index contributed by atoms with van der Waals surface area (Å²) in [6.45, 7) is 1.74. The predicted molar refractivity (Wildman–Crippen MR) is 98.1 cm³/mol. The summed E-state index contributed by atoms with van der Waals surface area (Å²) in [7, 11) is 0. The molecule has 7 heteroatoms. The van der Waals surface area contributed by atoms with Crippen LogP contribution in [0.3, 0.4) is 0 Å². The lowest BCUT2D eigenvalue weighted by atomic mass is 9.97. The molecule has 0 spiro atoms. The van der Waals surface area contributed by atoms with Gasteiger partial charge in [0.05, 0.1) is 16.4 Å². The Morgan fingerprint density at radius 1 is 1.12 bits per heavy atom. The van der Waals surface area contributed by atoms with Crippen molar-refractivity contribution in [3.63, 3.8) is 0 Å². The number of benzene rings is 2. The van der Waals surface area contributed by atoms with E-state index in [0.717, 1.165) is 31.6 Å². The summed E-state index contributed by atoms with van der Waals surface area (Å²) in [6.07, 6.45) is 1.69. The molecule has 0 unspecified atom stereocenters. The van der Waals surface area contributed by atoms with Gasteiger partial charge in [-0.05, 0) is 50.2 Å². The molecule has 1 aromatic heterocycles. The Balaban J connectivity index is 1.61. The van der Waals surface area contributed by atoms with Gasteiger partial charge in [0.25, 0.3) is 0 Å². The number of nitrogens with one attached hydrogen (secondary N) is 2. The number of para-hydroxylation sites is 1. The van der Waals surface area contributed by atoms with Crippen molar-refractivity contribution in [3.8, 4) is 5.69 Å². The quantitative estimate of drug-likeness (QED) is 0.757. The van der Waals surface area contributed by atoms with Crippen LogP contribution in [0.1, 0.15) is 12.8 Å². The van der Waals surface area contributed by atoms with Gasteiger partial charge in [0.2, 0.25) is 5.91 Å². The maximum absolute atomic E-state index is 12.4. The zero-order valence-electron chi connectivity index (χ0n) is 13.6. The average molecular weight is 356 g/mol. The molecule has 1 aliphatic rings. The molecule has 6 nitrogen and oxygen atoms in total. The Morgan fingerprint density at radius 2 is 1.80 bits per heavy atom. The lowest BCUT2D eigenvalue weighted by molar-refractivity contribution is -0.120. The van der Waals surface area contributed by atoms with Gasteiger partial charge in [0.15, 0.2) is 0 Å². The zero-order chi connectivity index (χ0) is 17.2. The highest BCUT2D eigenvalue weighted by atomic mass is 35.5. The second kappa shape index (κ2) is 6.82. The molecule has 2 N–H and O–H groups in total. The Kier molecular flexibility index (Phi) is 4.38. The number of carbonyl (C=O) groups excluding carboxylic acids is 1. The van der Waals surface area contributed by atoms with Crippen molar-refractivity contribution in [3.05, 3.63) is 47.5 Å². The minimum atomic E-state index is 0.0122. The fourth-order valence-electron chi connectivity index (χ4n) is 3.03. The van der Waals surface area contributed by atoms with Crippen LogP contribution in [0.5, 0.6) is 0 Å². The first-order valence-corrected chi connectivity index (χ1v) is 8.72.